The first-order valence-electron chi connectivity index (χ1n) is 10.6. The predicted octanol–water partition coefficient (Wildman–Crippen LogP) is 4.83. The van der Waals surface area contributed by atoms with Crippen LogP contribution in [0.5, 0.6) is 5.75 Å². The Labute approximate surface area is 190 Å². The Bertz CT molecular complexity index is 904. The Hall–Kier alpha value is -2.53. The average Bonchev–Trinajstić information content (AvgIpc) is 2.71. The molecule has 0 unspecified atom stereocenters. The van der Waals surface area contributed by atoms with Gasteiger partial charge in [0.1, 0.15) is 11.8 Å². The number of amides is 2. The van der Waals surface area contributed by atoms with Crippen LogP contribution in [0.25, 0.3) is 0 Å². The summed E-state index contributed by atoms with van der Waals surface area (Å²) in [7, 11) is 0. The van der Waals surface area contributed by atoms with Crippen LogP contribution >= 0.6 is 11.6 Å². The van der Waals surface area contributed by atoms with Crippen molar-refractivity contribution in [1.82, 2.24) is 10.2 Å². The van der Waals surface area contributed by atoms with E-state index in [1.165, 1.54) is 0 Å². The van der Waals surface area contributed by atoms with Crippen LogP contribution in [0.15, 0.2) is 36.4 Å². The fourth-order valence-corrected chi connectivity index (χ4v) is 3.37. The van der Waals surface area contributed by atoms with Crippen molar-refractivity contribution in [3.63, 3.8) is 0 Å². The van der Waals surface area contributed by atoms with Gasteiger partial charge in [0.05, 0.1) is 0 Å². The van der Waals surface area contributed by atoms with Crippen LogP contribution < -0.4 is 10.1 Å². The van der Waals surface area contributed by atoms with Gasteiger partial charge in [-0.3, -0.25) is 9.59 Å². The van der Waals surface area contributed by atoms with E-state index in [0.29, 0.717) is 29.8 Å². The molecule has 168 valence electrons. The second-order valence-electron chi connectivity index (χ2n) is 8.49. The van der Waals surface area contributed by atoms with Crippen molar-refractivity contribution in [2.24, 2.45) is 5.92 Å². The summed E-state index contributed by atoms with van der Waals surface area (Å²) in [5, 5.41) is 3.61. The summed E-state index contributed by atoms with van der Waals surface area (Å²) in [6, 6.07) is 10.9. The second kappa shape index (κ2) is 11.2. The number of carbonyl (C=O) groups excluding carboxylic acids is 2. The van der Waals surface area contributed by atoms with Gasteiger partial charge in [0.15, 0.2) is 6.61 Å². The first kappa shape index (κ1) is 24.7. The molecule has 6 heteroatoms. The third-order valence-electron chi connectivity index (χ3n) is 5.06. The number of rotatable bonds is 9. The van der Waals surface area contributed by atoms with E-state index < -0.39 is 6.04 Å². The maximum atomic E-state index is 13.1. The van der Waals surface area contributed by atoms with Crippen LogP contribution in [0.3, 0.4) is 0 Å². The number of benzene rings is 2. The Morgan fingerprint density at radius 2 is 1.71 bits per heavy atom. The number of nitrogens with zero attached hydrogens (tertiary/aromatic N) is 1. The van der Waals surface area contributed by atoms with Gasteiger partial charge < -0.3 is 15.0 Å². The minimum atomic E-state index is -0.621. The number of ether oxygens (including phenoxy) is 1. The number of nitrogens with one attached hydrogen (secondary N) is 1. The summed E-state index contributed by atoms with van der Waals surface area (Å²) in [5.41, 5.74) is 3.85. The van der Waals surface area contributed by atoms with Crippen molar-refractivity contribution in [2.75, 3.05) is 13.2 Å². The van der Waals surface area contributed by atoms with E-state index in [4.69, 9.17) is 16.3 Å². The molecule has 0 aromatic heterocycles. The quantitative estimate of drug-likeness (QED) is 0.602. The number of carbonyl (C=O) groups is 2. The molecule has 31 heavy (non-hydrogen) atoms. The largest absolute Gasteiger partial charge is 0.484 e. The number of aryl methyl sites for hydroxylation is 3. The van der Waals surface area contributed by atoms with Gasteiger partial charge in [0, 0.05) is 18.1 Å². The Morgan fingerprint density at radius 1 is 1.06 bits per heavy atom. The Morgan fingerprint density at radius 3 is 2.29 bits per heavy atom. The van der Waals surface area contributed by atoms with Crippen molar-refractivity contribution >= 4 is 23.4 Å². The minimum Gasteiger partial charge on any atom is -0.484 e. The molecule has 0 saturated carbocycles. The van der Waals surface area contributed by atoms with Gasteiger partial charge in [0.25, 0.3) is 5.91 Å². The van der Waals surface area contributed by atoms with Crippen LogP contribution in [0.1, 0.15) is 43.0 Å². The summed E-state index contributed by atoms with van der Waals surface area (Å²) in [5.74, 6) is 0.490. The smallest absolute Gasteiger partial charge is 0.261 e. The lowest BCUT2D eigenvalue weighted by Gasteiger charge is -2.29. The third kappa shape index (κ3) is 7.28. The molecule has 2 amide bonds. The van der Waals surface area contributed by atoms with Gasteiger partial charge in [-0.15, -0.1) is 0 Å². The fraction of sp³-hybridized carbons (Fsp3) is 0.440. The molecule has 1 N–H and O–H groups in total. The van der Waals surface area contributed by atoms with E-state index in [1.807, 2.05) is 71.0 Å². The van der Waals surface area contributed by atoms with Gasteiger partial charge >= 0.3 is 0 Å². The van der Waals surface area contributed by atoms with E-state index in [2.05, 4.69) is 5.32 Å². The van der Waals surface area contributed by atoms with Crippen LogP contribution in [-0.4, -0.2) is 35.9 Å². The summed E-state index contributed by atoms with van der Waals surface area (Å²) in [6.45, 7) is 12.4. The number of halogens is 1. The second-order valence-corrected chi connectivity index (χ2v) is 8.86. The van der Waals surface area contributed by atoms with E-state index >= 15 is 0 Å². The molecule has 0 saturated heterocycles. The van der Waals surface area contributed by atoms with Crippen molar-refractivity contribution in [2.45, 2.75) is 54.1 Å². The summed E-state index contributed by atoms with van der Waals surface area (Å²) < 4.78 is 5.77. The van der Waals surface area contributed by atoms with Crippen LogP contribution in [0, 0.1) is 26.7 Å². The molecule has 0 heterocycles. The lowest BCUT2D eigenvalue weighted by atomic mass is 10.1. The average molecular weight is 445 g/mol. The van der Waals surface area contributed by atoms with Crippen LogP contribution in [-0.2, 0) is 16.1 Å². The monoisotopic (exact) mass is 444 g/mol. The first-order chi connectivity index (χ1) is 14.6. The molecular formula is C25H33ClN2O3. The maximum Gasteiger partial charge on any atom is 0.261 e. The molecule has 0 aliphatic heterocycles. The zero-order valence-electron chi connectivity index (χ0n) is 19.3. The summed E-state index contributed by atoms with van der Waals surface area (Å²) >= 11 is 6.22. The van der Waals surface area contributed by atoms with Crippen molar-refractivity contribution in [3.05, 3.63) is 63.7 Å². The molecule has 2 aromatic rings. The van der Waals surface area contributed by atoms with Crippen LogP contribution in [0.4, 0.5) is 0 Å². The van der Waals surface area contributed by atoms with Gasteiger partial charge in [0.2, 0.25) is 5.91 Å². The molecular weight excluding hydrogens is 412 g/mol. The first-order valence-corrected chi connectivity index (χ1v) is 11.0. The van der Waals surface area contributed by atoms with E-state index in [0.717, 1.165) is 22.3 Å². The van der Waals surface area contributed by atoms with E-state index in [1.54, 1.807) is 11.8 Å². The molecule has 0 spiro atoms. The highest BCUT2D eigenvalue weighted by Gasteiger charge is 2.26. The SMILES string of the molecule is Cc1cccc(CN(C(=O)COc2cc(C)c(Cl)c(C)c2)[C@@H](C)C(=O)NCC(C)C)c1. The predicted molar refractivity (Wildman–Crippen MR) is 125 cm³/mol. The molecule has 0 aliphatic rings. The highest BCUT2D eigenvalue weighted by atomic mass is 35.5. The van der Waals surface area contributed by atoms with E-state index in [9.17, 15) is 9.59 Å². The zero-order chi connectivity index (χ0) is 23.1. The number of hydrogen-bond donors (Lipinski definition) is 1. The molecule has 2 rings (SSSR count). The molecule has 5 nitrogen and oxygen atoms in total. The molecule has 0 aliphatic carbocycles. The normalized spacial score (nSPS) is 11.9. The molecule has 2 aromatic carbocycles. The fourth-order valence-electron chi connectivity index (χ4n) is 3.26. The molecule has 0 bridgehead atoms. The van der Waals surface area contributed by atoms with Gasteiger partial charge in [-0.2, -0.15) is 0 Å². The van der Waals surface area contributed by atoms with E-state index in [-0.39, 0.29) is 18.4 Å². The minimum absolute atomic E-state index is 0.159. The van der Waals surface area contributed by atoms with Crippen molar-refractivity contribution < 1.29 is 14.3 Å². The van der Waals surface area contributed by atoms with Crippen molar-refractivity contribution in [1.29, 1.82) is 0 Å². The highest BCUT2D eigenvalue weighted by molar-refractivity contribution is 6.32. The summed E-state index contributed by atoms with van der Waals surface area (Å²) in [4.78, 5) is 27.4. The zero-order valence-corrected chi connectivity index (χ0v) is 20.0. The van der Waals surface area contributed by atoms with Gasteiger partial charge in [-0.25, -0.2) is 0 Å². The molecule has 0 fully saturated rings. The Balaban J connectivity index is 2.17. The number of hydrogen-bond acceptors (Lipinski definition) is 3. The van der Waals surface area contributed by atoms with Gasteiger partial charge in [-0.1, -0.05) is 55.3 Å². The third-order valence-corrected chi connectivity index (χ3v) is 5.66. The van der Waals surface area contributed by atoms with Gasteiger partial charge in [-0.05, 0) is 62.4 Å². The van der Waals surface area contributed by atoms with Crippen molar-refractivity contribution in [3.8, 4) is 5.75 Å². The maximum absolute atomic E-state index is 13.1. The standard InChI is InChI=1S/C25H33ClN2O3/c1-16(2)13-27-25(30)20(6)28(14-21-9-7-8-17(3)10-21)23(29)15-31-22-11-18(4)24(26)19(5)12-22/h7-12,16,20H,13-15H2,1-6H3,(H,27,30)/t20-/m0/s1. The van der Waals surface area contributed by atoms with Crippen LogP contribution in [0.2, 0.25) is 5.02 Å². The topological polar surface area (TPSA) is 58.6 Å². The molecule has 0 radical (unpaired) electrons. The summed E-state index contributed by atoms with van der Waals surface area (Å²) in [6.07, 6.45) is 0. The lowest BCUT2D eigenvalue weighted by molar-refractivity contribution is -0.142. The lowest BCUT2D eigenvalue weighted by Crippen LogP contribution is -2.49. The Kier molecular flexibility index (Phi) is 8.93. The molecule has 1 atom stereocenters. The highest BCUT2D eigenvalue weighted by Crippen LogP contribution is 2.26.